The highest BCUT2D eigenvalue weighted by atomic mass is 32.2. The Hall–Kier alpha value is -1.16. The predicted molar refractivity (Wildman–Crippen MR) is 49.7 cm³/mol. The van der Waals surface area contributed by atoms with Crippen molar-refractivity contribution in [3.8, 4) is 0 Å². The van der Waals surface area contributed by atoms with E-state index in [0.717, 1.165) is 11.3 Å². The second-order valence-electron chi connectivity index (χ2n) is 2.54. The Morgan fingerprint density at radius 3 is 3.00 bits per heavy atom. The van der Waals surface area contributed by atoms with Crippen molar-refractivity contribution in [1.29, 1.82) is 0 Å². The average molecular weight is 180 g/mol. The molecule has 12 heavy (non-hydrogen) atoms. The molecule has 1 N–H and O–H groups in total. The molecular weight excluding hydrogens is 172 g/mol. The maximum atomic E-state index is 11.5. The fourth-order valence-corrected chi connectivity index (χ4v) is 1.68. The lowest BCUT2D eigenvalue weighted by atomic mass is 10.2. The molecule has 62 valence electrons. The summed E-state index contributed by atoms with van der Waals surface area (Å²) in [6.45, 7) is 0. The molecule has 0 unspecified atom stereocenters. The largest absolute Gasteiger partial charge is 0.311 e. The molecule has 1 aliphatic rings. The smallest absolute Gasteiger partial charge is 0.266 e. The van der Waals surface area contributed by atoms with E-state index < -0.39 is 0 Å². The van der Waals surface area contributed by atoms with Crippen molar-refractivity contribution in [2.24, 2.45) is 0 Å². The Kier molecular flexibility index (Phi) is 1.69. The number of nitrogens with one attached hydrogen (secondary N) is 1. The Labute approximate surface area is 75.0 Å². The first-order valence-electron chi connectivity index (χ1n) is 3.59. The zero-order valence-corrected chi connectivity index (χ0v) is 7.39. The molecule has 0 spiro atoms. The summed E-state index contributed by atoms with van der Waals surface area (Å²) in [6.07, 6.45) is 0. The Bertz CT molecular complexity index is 327. The lowest BCUT2D eigenvalue weighted by Crippen LogP contribution is -2.26. The summed E-state index contributed by atoms with van der Waals surface area (Å²) in [5.41, 5.74) is 1.63. The SMILES string of the molecule is CN1SNc2ccccc2C1=O. The quantitative estimate of drug-likeness (QED) is 0.617. The van der Waals surface area contributed by atoms with Gasteiger partial charge in [-0.05, 0) is 12.1 Å². The summed E-state index contributed by atoms with van der Waals surface area (Å²) in [7, 11) is 1.75. The normalized spacial score (nSPS) is 15.4. The van der Waals surface area contributed by atoms with Gasteiger partial charge in [0, 0.05) is 7.05 Å². The first-order chi connectivity index (χ1) is 5.79. The minimum Gasteiger partial charge on any atom is -0.311 e. The molecule has 0 aliphatic carbocycles. The van der Waals surface area contributed by atoms with E-state index >= 15 is 0 Å². The van der Waals surface area contributed by atoms with E-state index in [4.69, 9.17) is 0 Å². The van der Waals surface area contributed by atoms with Gasteiger partial charge in [0.1, 0.15) is 0 Å². The van der Waals surface area contributed by atoms with Crippen LogP contribution in [-0.2, 0) is 0 Å². The van der Waals surface area contributed by atoms with Crippen LogP contribution in [0.4, 0.5) is 5.69 Å². The topological polar surface area (TPSA) is 32.3 Å². The van der Waals surface area contributed by atoms with E-state index in [-0.39, 0.29) is 5.91 Å². The molecule has 4 heteroatoms. The van der Waals surface area contributed by atoms with Gasteiger partial charge in [-0.25, -0.2) is 0 Å². The van der Waals surface area contributed by atoms with Gasteiger partial charge in [-0.15, -0.1) is 0 Å². The lowest BCUT2D eigenvalue weighted by Gasteiger charge is -2.23. The number of carbonyl (C=O) groups is 1. The number of rotatable bonds is 0. The first-order valence-corrected chi connectivity index (χ1v) is 4.36. The molecule has 0 fully saturated rings. The molecular formula is C8H8N2OS. The Balaban J connectivity index is 2.49. The molecule has 1 amide bonds. The number of para-hydroxylation sites is 1. The van der Waals surface area contributed by atoms with E-state index in [2.05, 4.69) is 4.72 Å². The molecule has 1 aliphatic heterocycles. The van der Waals surface area contributed by atoms with Crippen molar-refractivity contribution in [3.63, 3.8) is 0 Å². The highest BCUT2D eigenvalue weighted by Crippen LogP contribution is 2.27. The molecule has 0 radical (unpaired) electrons. The molecule has 1 heterocycles. The van der Waals surface area contributed by atoms with E-state index in [1.807, 2.05) is 24.3 Å². The van der Waals surface area contributed by atoms with Crippen molar-refractivity contribution in [2.45, 2.75) is 0 Å². The van der Waals surface area contributed by atoms with Gasteiger partial charge in [-0.2, -0.15) is 0 Å². The standard InChI is InChI=1S/C8H8N2OS/c1-10-8(11)6-4-2-3-5-7(6)9-12-10/h2-5,9H,1H3. The van der Waals surface area contributed by atoms with Crippen LogP contribution < -0.4 is 4.72 Å². The van der Waals surface area contributed by atoms with E-state index in [1.54, 1.807) is 11.4 Å². The Morgan fingerprint density at radius 1 is 1.42 bits per heavy atom. The van der Waals surface area contributed by atoms with Crippen molar-refractivity contribution in [3.05, 3.63) is 29.8 Å². The summed E-state index contributed by atoms with van der Waals surface area (Å²) < 4.78 is 4.64. The van der Waals surface area contributed by atoms with Crippen LogP contribution in [0.15, 0.2) is 24.3 Å². The Morgan fingerprint density at radius 2 is 2.17 bits per heavy atom. The van der Waals surface area contributed by atoms with Crippen LogP contribution in [0.2, 0.25) is 0 Å². The van der Waals surface area contributed by atoms with Crippen LogP contribution in [0.25, 0.3) is 0 Å². The zero-order valence-electron chi connectivity index (χ0n) is 6.57. The summed E-state index contributed by atoms with van der Waals surface area (Å²) in [5, 5.41) is 0. The number of amides is 1. The van der Waals surface area contributed by atoms with Crippen molar-refractivity contribution in [1.82, 2.24) is 4.31 Å². The molecule has 0 aromatic heterocycles. The summed E-state index contributed by atoms with van der Waals surface area (Å²) in [4.78, 5) is 11.5. The number of benzene rings is 1. The van der Waals surface area contributed by atoms with Crippen molar-refractivity contribution in [2.75, 3.05) is 11.8 Å². The van der Waals surface area contributed by atoms with Crippen molar-refractivity contribution >= 4 is 23.7 Å². The van der Waals surface area contributed by atoms with Gasteiger partial charge in [0.15, 0.2) is 0 Å². The van der Waals surface area contributed by atoms with Gasteiger partial charge in [0.05, 0.1) is 23.4 Å². The van der Waals surface area contributed by atoms with Crippen LogP contribution in [0, 0.1) is 0 Å². The molecule has 1 aromatic carbocycles. The van der Waals surface area contributed by atoms with Crippen molar-refractivity contribution < 1.29 is 4.79 Å². The second-order valence-corrected chi connectivity index (χ2v) is 3.48. The molecule has 0 bridgehead atoms. The molecule has 0 saturated carbocycles. The third kappa shape index (κ3) is 1.04. The number of anilines is 1. The third-order valence-electron chi connectivity index (χ3n) is 1.74. The van der Waals surface area contributed by atoms with Gasteiger partial charge in [-0.3, -0.25) is 9.10 Å². The molecule has 2 rings (SSSR count). The number of hydrogen-bond donors (Lipinski definition) is 1. The van der Waals surface area contributed by atoms with Gasteiger partial charge in [0.25, 0.3) is 5.91 Å². The summed E-state index contributed by atoms with van der Waals surface area (Å²) in [5.74, 6) is 0.0503. The maximum absolute atomic E-state index is 11.5. The minimum absolute atomic E-state index is 0.0503. The van der Waals surface area contributed by atoms with Crippen LogP contribution in [0.1, 0.15) is 10.4 Å². The van der Waals surface area contributed by atoms with Gasteiger partial charge in [0.2, 0.25) is 0 Å². The molecule has 3 nitrogen and oxygen atoms in total. The average Bonchev–Trinajstić information content (AvgIpc) is 2.12. The van der Waals surface area contributed by atoms with Gasteiger partial charge < -0.3 is 4.72 Å². The summed E-state index contributed by atoms with van der Waals surface area (Å²) >= 11 is 1.30. The number of nitrogens with zero attached hydrogens (tertiary/aromatic N) is 1. The maximum Gasteiger partial charge on any atom is 0.266 e. The number of hydrogen-bond acceptors (Lipinski definition) is 3. The van der Waals surface area contributed by atoms with E-state index in [0.29, 0.717) is 0 Å². The molecule has 0 atom stereocenters. The number of carbonyl (C=O) groups excluding carboxylic acids is 1. The van der Waals surface area contributed by atoms with Gasteiger partial charge in [-0.1, -0.05) is 12.1 Å². The van der Waals surface area contributed by atoms with Crippen LogP contribution in [0.3, 0.4) is 0 Å². The zero-order chi connectivity index (χ0) is 8.55. The second kappa shape index (κ2) is 2.71. The fraction of sp³-hybridized carbons (Fsp3) is 0.125. The highest BCUT2D eigenvalue weighted by Gasteiger charge is 2.20. The third-order valence-corrected chi connectivity index (χ3v) is 2.49. The minimum atomic E-state index is 0.0503. The lowest BCUT2D eigenvalue weighted by molar-refractivity contribution is 0.0891. The van der Waals surface area contributed by atoms with E-state index in [9.17, 15) is 4.79 Å². The fourth-order valence-electron chi connectivity index (χ4n) is 1.09. The van der Waals surface area contributed by atoms with Crippen LogP contribution in [0.5, 0.6) is 0 Å². The first kappa shape index (κ1) is 7.49. The van der Waals surface area contributed by atoms with Gasteiger partial charge >= 0.3 is 0 Å². The monoisotopic (exact) mass is 180 g/mol. The number of fused-ring (bicyclic) bond motifs is 1. The van der Waals surface area contributed by atoms with Crippen LogP contribution in [-0.4, -0.2) is 17.3 Å². The van der Waals surface area contributed by atoms with E-state index in [1.165, 1.54) is 12.1 Å². The van der Waals surface area contributed by atoms with Crippen LogP contribution >= 0.6 is 12.1 Å². The summed E-state index contributed by atoms with van der Waals surface area (Å²) in [6, 6.07) is 7.49. The molecule has 1 aromatic rings. The predicted octanol–water partition coefficient (Wildman–Crippen LogP) is 1.75. The molecule has 0 saturated heterocycles. The highest BCUT2D eigenvalue weighted by molar-refractivity contribution is 7.98.